The van der Waals surface area contributed by atoms with Gasteiger partial charge in [-0.2, -0.15) is 4.68 Å². The number of carbonyl (C=O) groups is 2. The number of thioether (sulfide) groups is 1. The summed E-state index contributed by atoms with van der Waals surface area (Å²) in [4.78, 5) is 25.1. The number of nitrogens with zero attached hydrogens (tertiary/aromatic N) is 4. The normalized spacial score (nSPS) is 11.7. The monoisotopic (exact) mass is 587 g/mol. The third kappa shape index (κ3) is 6.82. The lowest BCUT2D eigenvalue weighted by Crippen LogP contribution is -2.15. The van der Waals surface area contributed by atoms with Crippen LogP contribution < -0.4 is 5.32 Å². The van der Waals surface area contributed by atoms with E-state index >= 15 is 0 Å². The Morgan fingerprint density at radius 1 is 1.11 bits per heavy atom. The van der Waals surface area contributed by atoms with Crippen LogP contribution in [0, 0.1) is 0 Å². The van der Waals surface area contributed by atoms with E-state index in [4.69, 9.17) is 28.3 Å². The predicted octanol–water partition coefficient (Wildman–Crippen LogP) is 6.82. The molecule has 0 fully saturated rings. The molecule has 2 aromatic carbocycles. The Hall–Kier alpha value is -3.18. The molecule has 12 heteroatoms. The molecule has 4 rings (SSSR count). The molecule has 0 aliphatic heterocycles. The van der Waals surface area contributed by atoms with Crippen LogP contribution in [0.15, 0.2) is 59.8 Å². The van der Waals surface area contributed by atoms with Gasteiger partial charge in [0.1, 0.15) is 0 Å². The molecule has 0 aliphatic carbocycles. The van der Waals surface area contributed by atoms with Gasteiger partial charge in [-0.1, -0.05) is 67.9 Å². The third-order valence-electron chi connectivity index (χ3n) is 5.36. The number of rotatable bonds is 8. The van der Waals surface area contributed by atoms with Crippen LogP contribution in [0.25, 0.3) is 22.2 Å². The first-order valence-electron chi connectivity index (χ1n) is 11.3. The molecule has 0 spiro atoms. The van der Waals surface area contributed by atoms with Gasteiger partial charge in [0.05, 0.1) is 27.2 Å². The molecule has 2 aromatic heterocycles. The smallest absolute Gasteiger partial charge is 0.328 e. The van der Waals surface area contributed by atoms with Gasteiger partial charge in [-0.15, -0.1) is 16.4 Å². The molecule has 38 heavy (non-hydrogen) atoms. The zero-order chi connectivity index (χ0) is 27.4. The highest BCUT2D eigenvalue weighted by molar-refractivity contribution is 7.99. The number of carboxylic acid groups (broad SMARTS) is 1. The summed E-state index contributed by atoms with van der Waals surface area (Å²) in [6.45, 7) is 6.32. The Bertz CT molecular complexity index is 1530. The Morgan fingerprint density at radius 3 is 2.58 bits per heavy atom. The van der Waals surface area contributed by atoms with Gasteiger partial charge in [-0.3, -0.25) is 4.79 Å². The summed E-state index contributed by atoms with van der Waals surface area (Å²) in [5.74, 6) is -1.22. The summed E-state index contributed by atoms with van der Waals surface area (Å²) in [6, 6.07) is 14.8. The fourth-order valence-electron chi connectivity index (χ4n) is 3.40. The minimum absolute atomic E-state index is 0.0517. The SMILES string of the molecule is CC(C)(C)c1ccc(-n2nnnc2SCC(=O)Nc2ccc(-c3ccc(/C=C/C(=O)O)s3)cc2Cl)c(Cl)c1. The van der Waals surface area contributed by atoms with E-state index in [1.54, 1.807) is 12.1 Å². The number of thiophene rings is 1. The summed E-state index contributed by atoms with van der Waals surface area (Å²) >= 11 is 15.6. The van der Waals surface area contributed by atoms with E-state index in [9.17, 15) is 9.59 Å². The average molecular weight is 589 g/mol. The second-order valence-corrected chi connectivity index (χ2v) is 12.1. The number of carbonyl (C=O) groups excluding carboxylic acids is 1. The number of nitrogens with one attached hydrogen (secondary N) is 1. The Kier molecular flexibility index (Phi) is 8.57. The third-order valence-corrected chi connectivity index (χ3v) is 7.99. The van der Waals surface area contributed by atoms with Crippen LogP contribution >= 0.6 is 46.3 Å². The molecule has 0 bridgehead atoms. The van der Waals surface area contributed by atoms with Crippen molar-refractivity contribution in [3.63, 3.8) is 0 Å². The van der Waals surface area contributed by atoms with E-state index in [0.717, 1.165) is 27.0 Å². The number of hydrogen-bond acceptors (Lipinski definition) is 7. The first kappa shape index (κ1) is 27.8. The highest BCUT2D eigenvalue weighted by Crippen LogP contribution is 2.34. The number of benzene rings is 2. The van der Waals surface area contributed by atoms with Crippen LogP contribution in [0.5, 0.6) is 0 Å². The number of hydrogen-bond donors (Lipinski definition) is 2. The van der Waals surface area contributed by atoms with Crippen molar-refractivity contribution < 1.29 is 14.7 Å². The Labute approximate surface area is 237 Å². The maximum Gasteiger partial charge on any atom is 0.328 e. The summed E-state index contributed by atoms with van der Waals surface area (Å²) in [7, 11) is 0. The molecule has 0 saturated carbocycles. The molecular formula is C26H23Cl2N5O3S2. The molecule has 2 heterocycles. The summed E-state index contributed by atoms with van der Waals surface area (Å²) in [5, 5.41) is 24.7. The van der Waals surface area contributed by atoms with E-state index in [1.165, 1.54) is 33.9 Å². The number of tetrazole rings is 1. The van der Waals surface area contributed by atoms with Gasteiger partial charge in [0.2, 0.25) is 11.1 Å². The Balaban J connectivity index is 1.40. The molecular weight excluding hydrogens is 565 g/mol. The van der Waals surface area contributed by atoms with Crippen molar-refractivity contribution in [1.29, 1.82) is 0 Å². The van der Waals surface area contributed by atoms with Crippen LogP contribution in [0.3, 0.4) is 0 Å². The maximum atomic E-state index is 12.7. The van der Waals surface area contributed by atoms with Crippen LogP contribution in [0.2, 0.25) is 10.0 Å². The molecule has 0 atom stereocenters. The number of aliphatic carboxylic acids is 1. The summed E-state index contributed by atoms with van der Waals surface area (Å²) in [5.41, 5.74) is 3.00. The van der Waals surface area contributed by atoms with Crippen molar-refractivity contribution in [2.75, 3.05) is 11.1 Å². The van der Waals surface area contributed by atoms with Crippen LogP contribution in [0.1, 0.15) is 31.2 Å². The lowest BCUT2D eigenvalue weighted by molar-refractivity contribution is -0.131. The molecule has 1 amide bonds. The number of aromatic nitrogens is 4. The number of amides is 1. The molecule has 0 radical (unpaired) electrons. The molecule has 0 unspecified atom stereocenters. The van der Waals surface area contributed by atoms with Crippen LogP contribution in [-0.4, -0.2) is 42.9 Å². The van der Waals surface area contributed by atoms with Crippen LogP contribution in [0.4, 0.5) is 5.69 Å². The van der Waals surface area contributed by atoms with Gasteiger partial charge < -0.3 is 10.4 Å². The van der Waals surface area contributed by atoms with Gasteiger partial charge in [-0.05, 0) is 69.4 Å². The number of carboxylic acids is 1. The topological polar surface area (TPSA) is 110 Å². The lowest BCUT2D eigenvalue weighted by Gasteiger charge is -2.20. The first-order valence-corrected chi connectivity index (χ1v) is 13.9. The second kappa shape index (κ2) is 11.7. The van der Waals surface area contributed by atoms with Crippen molar-refractivity contribution in [3.05, 3.63) is 75.1 Å². The van der Waals surface area contributed by atoms with Gasteiger partial charge in [0.15, 0.2) is 0 Å². The highest BCUT2D eigenvalue weighted by Gasteiger charge is 2.19. The molecule has 0 saturated heterocycles. The van der Waals surface area contributed by atoms with E-state index < -0.39 is 5.97 Å². The van der Waals surface area contributed by atoms with E-state index in [2.05, 4.69) is 41.6 Å². The molecule has 196 valence electrons. The minimum Gasteiger partial charge on any atom is -0.478 e. The van der Waals surface area contributed by atoms with Crippen LogP contribution in [-0.2, 0) is 15.0 Å². The first-order chi connectivity index (χ1) is 18.0. The lowest BCUT2D eigenvalue weighted by atomic mass is 9.87. The highest BCUT2D eigenvalue weighted by atomic mass is 35.5. The van der Waals surface area contributed by atoms with Gasteiger partial charge in [-0.25, -0.2) is 4.79 Å². The second-order valence-electron chi connectivity index (χ2n) is 9.19. The zero-order valence-corrected chi connectivity index (χ0v) is 23.8. The molecule has 8 nitrogen and oxygen atoms in total. The van der Waals surface area contributed by atoms with E-state index in [0.29, 0.717) is 26.6 Å². The number of anilines is 1. The fourth-order valence-corrected chi connectivity index (χ4v) is 5.48. The van der Waals surface area contributed by atoms with E-state index in [-0.39, 0.29) is 17.1 Å². The molecule has 4 aromatic rings. The van der Waals surface area contributed by atoms with Crippen molar-refractivity contribution >= 4 is 69.9 Å². The van der Waals surface area contributed by atoms with Crippen molar-refractivity contribution in [3.8, 4) is 16.1 Å². The molecule has 2 N–H and O–H groups in total. The van der Waals surface area contributed by atoms with Crippen molar-refractivity contribution in [2.45, 2.75) is 31.3 Å². The standard InChI is InChI=1S/C26H23Cl2N5O3S2/c1-26(2,3)16-5-9-21(19(28)13-16)33-25(30-31-32-33)37-14-23(34)29-20-8-4-15(12-18(20)27)22-10-6-17(38-22)7-11-24(35)36/h4-13H,14H2,1-3H3,(H,29,34)(H,35,36)/b11-7+. The van der Waals surface area contributed by atoms with Gasteiger partial charge >= 0.3 is 5.97 Å². The maximum absolute atomic E-state index is 12.7. The summed E-state index contributed by atoms with van der Waals surface area (Å²) < 4.78 is 1.51. The number of halogens is 2. The van der Waals surface area contributed by atoms with E-state index in [1.807, 2.05) is 36.4 Å². The van der Waals surface area contributed by atoms with Crippen molar-refractivity contribution in [1.82, 2.24) is 20.2 Å². The average Bonchev–Trinajstić information content (AvgIpc) is 3.52. The summed E-state index contributed by atoms with van der Waals surface area (Å²) in [6.07, 6.45) is 2.63. The van der Waals surface area contributed by atoms with Gasteiger partial charge in [0, 0.05) is 15.8 Å². The fraction of sp³-hybridized carbons (Fsp3) is 0.192. The van der Waals surface area contributed by atoms with Crippen molar-refractivity contribution in [2.24, 2.45) is 0 Å². The Morgan fingerprint density at radius 2 is 1.89 bits per heavy atom. The molecule has 0 aliphatic rings. The predicted molar refractivity (Wildman–Crippen MR) is 154 cm³/mol. The zero-order valence-electron chi connectivity index (χ0n) is 20.6. The quantitative estimate of drug-likeness (QED) is 0.172. The minimum atomic E-state index is -1.00. The van der Waals surface area contributed by atoms with Gasteiger partial charge in [0.25, 0.3) is 0 Å². The largest absolute Gasteiger partial charge is 0.478 e.